The summed E-state index contributed by atoms with van der Waals surface area (Å²) in [5, 5.41) is 0. The van der Waals surface area contributed by atoms with Gasteiger partial charge in [0.1, 0.15) is 11.6 Å². The third-order valence-corrected chi connectivity index (χ3v) is 2.71. The maximum atomic E-state index is 13.4. The summed E-state index contributed by atoms with van der Waals surface area (Å²) in [5.74, 6) is -0.674. The van der Waals surface area contributed by atoms with E-state index in [2.05, 4.69) is 13.2 Å². The molecule has 0 bridgehead atoms. The van der Waals surface area contributed by atoms with Crippen LogP contribution in [0.3, 0.4) is 0 Å². The van der Waals surface area contributed by atoms with Crippen molar-refractivity contribution in [1.82, 2.24) is 4.90 Å². The van der Waals surface area contributed by atoms with Crippen molar-refractivity contribution in [2.45, 2.75) is 12.8 Å². The number of piperidine rings is 1. The van der Waals surface area contributed by atoms with E-state index in [9.17, 15) is 14.0 Å². The van der Waals surface area contributed by atoms with Crippen molar-refractivity contribution < 1.29 is 14.0 Å². The third-order valence-electron chi connectivity index (χ3n) is 2.71. The van der Waals surface area contributed by atoms with Crippen LogP contribution in [0.4, 0.5) is 4.39 Å². The number of ketones is 1. The molecule has 96 valence electrons. The molecule has 0 saturated carbocycles. The van der Waals surface area contributed by atoms with E-state index in [1.165, 1.54) is 17.0 Å². The number of hydrogen-bond donors (Lipinski definition) is 0. The molecule has 1 fully saturated rings. The molecule has 1 aromatic carbocycles. The van der Waals surface area contributed by atoms with Gasteiger partial charge in [-0.1, -0.05) is 12.1 Å². The van der Waals surface area contributed by atoms with Gasteiger partial charge >= 0.3 is 0 Å². The highest BCUT2D eigenvalue weighted by Crippen LogP contribution is 2.13. The molecule has 1 aliphatic rings. The van der Waals surface area contributed by atoms with Crippen LogP contribution in [-0.4, -0.2) is 29.7 Å². The van der Waals surface area contributed by atoms with Crippen molar-refractivity contribution in [2.24, 2.45) is 0 Å². The van der Waals surface area contributed by atoms with Crippen molar-refractivity contribution >= 4 is 11.7 Å². The summed E-state index contributed by atoms with van der Waals surface area (Å²) in [6.45, 7) is 6.79. The van der Waals surface area contributed by atoms with Crippen LogP contribution >= 0.6 is 0 Å². The lowest BCUT2D eigenvalue weighted by molar-refractivity contribution is -0.120. The van der Waals surface area contributed by atoms with Gasteiger partial charge in [0.05, 0.1) is 5.56 Å². The van der Waals surface area contributed by atoms with E-state index < -0.39 is 5.82 Å². The molecule has 1 saturated heterocycles. The molecule has 0 N–H and O–H groups in total. The normalized spacial score (nSPS) is 14.7. The molecular formula is C14H16FNO2. The Morgan fingerprint density at radius 3 is 2.28 bits per heavy atom. The van der Waals surface area contributed by atoms with E-state index in [0.29, 0.717) is 25.9 Å². The minimum absolute atomic E-state index is 0.0804. The summed E-state index contributed by atoms with van der Waals surface area (Å²) in [6.07, 6.45) is 0.750. The highest BCUT2D eigenvalue weighted by atomic mass is 19.1. The molecule has 1 aromatic rings. The van der Waals surface area contributed by atoms with Crippen LogP contribution in [0.15, 0.2) is 37.4 Å². The van der Waals surface area contributed by atoms with Crippen LogP contribution in [0.25, 0.3) is 0 Å². The zero-order valence-corrected chi connectivity index (χ0v) is 10.2. The predicted molar refractivity (Wildman–Crippen MR) is 67.8 cm³/mol. The van der Waals surface area contributed by atoms with Gasteiger partial charge in [0.25, 0.3) is 5.91 Å². The first-order valence-corrected chi connectivity index (χ1v) is 5.74. The van der Waals surface area contributed by atoms with Crippen molar-refractivity contribution in [2.75, 3.05) is 13.1 Å². The third kappa shape index (κ3) is 3.26. The minimum atomic E-state index is -0.510. The van der Waals surface area contributed by atoms with Crippen LogP contribution in [0.5, 0.6) is 0 Å². The number of carbonyl (C=O) groups excluding carboxylic acids is 2. The van der Waals surface area contributed by atoms with Crippen LogP contribution < -0.4 is 0 Å². The summed E-state index contributed by atoms with van der Waals surface area (Å²) >= 11 is 0. The molecule has 0 spiro atoms. The maximum Gasteiger partial charge on any atom is 0.256 e. The Labute approximate surface area is 106 Å². The van der Waals surface area contributed by atoms with E-state index in [1.807, 2.05) is 0 Å². The fourth-order valence-corrected chi connectivity index (χ4v) is 1.76. The Kier molecular flexibility index (Phi) is 5.24. The van der Waals surface area contributed by atoms with Crippen molar-refractivity contribution in [3.05, 3.63) is 48.8 Å². The van der Waals surface area contributed by atoms with Gasteiger partial charge in [-0.25, -0.2) is 4.39 Å². The van der Waals surface area contributed by atoms with Crippen LogP contribution in [-0.2, 0) is 4.79 Å². The topological polar surface area (TPSA) is 37.4 Å². The van der Waals surface area contributed by atoms with E-state index in [4.69, 9.17) is 0 Å². The number of likely N-dealkylation sites (tertiary alicyclic amines) is 1. The van der Waals surface area contributed by atoms with Crippen LogP contribution in [0, 0.1) is 5.82 Å². The Morgan fingerprint density at radius 2 is 1.72 bits per heavy atom. The molecule has 18 heavy (non-hydrogen) atoms. The predicted octanol–water partition coefficient (Wildman–Crippen LogP) is 2.43. The fraction of sp³-hybridized carbons (Fsp3) is 0.286. The van der Waals surface area contributed by atoms with Gasteiger partial charge in [0.2, 0.25) is 0 Å². The van der Waals surface area contributed by atoms with Gasteiger partial charge < -0.3 is 4.90 Å². The molecule has 3 nitrogen and oxygen atoms in total. The molecule has 0 aromatic heterocycles. The van der Waals surface area contributed by atoms with Gasteiger partial charge in [-0.2, -0.15) is 0 Å². The molecule has 0 atom stereocenters. The molecular weight excluding hydrogens is 233 g/mol. The molecule has 1 aliphatic heterocycles. The largest absolute Gasteiger partial charge is 0.338 e. The molecule has 4 heteroatoms. The van der Waals surface area contributed by atoms with E-state index in [0.717, 1.165) is 0 Å². The van der Waals surface area contributed by atoms with E-state index in [1.54, 1.807) is 12.1 Å². The quantitative estimate of drug-likeness (QED) is 0.717. The lowest BCUT2D eigenvalue weighted by Crippen LogP contribution is -2.38. The number of Topliss-reactive ketones (excluding diaryl/α,β-unsaturated/α-hetero) is 1. The molecule has 0 aliphatic carbocycles. The first kappa shape index (κ1) is 14.1. The Morgan fingerprint density at radius 1 is 1.17 bits per heavy atom. The number of amides is 1. The summed E-state index contributed by atoms with van der Waals surface area (Å²) in [4.78, 5) is 24.5. The van der Waals surface area contributed by atoms with Gasteiger partial charge in [0, 0.05) is 25.9 Å². The minimum Gasteiger partial charge on any atom is -0.338 e. The number of carbonyl (C=O) groups is 2. The first-order valence-electron chi connectivity index (χ1n) is 5.74. The summed E-state index contributed by atoms with van der Waals surface area (Å²) in [5.41, 5.74) is 0.0804. The zero-order chi connectivity index (χ0) is 13.5. The number of benzene rings is 1. The summed E-state index contributed by atoms with van der Waals surface area (Å²) < 4.78 is 13.4. The summed E-state index contributed by atoms with van der Waals surface area (Å²) in [6, 6.07) is 5.91. The van der Waals surface area contributed by atoms with Gasteiger partial charge in [0.15, 0.2) is 0 Å². The second kappa shape index (κ2) is 6.69. The van der Waals surface area contributed by atoms with Gasteiger partial charge in [-0.15, -0.1) is 13.2 Å². The lowest BCUT2D eigenvalue weighted by Gasteiger charge is -2.26. The number of rotatable bonds is 1. The van der Waals surface area contributed by atoms with E-state index in [-0.39, 0.29) is 17.3 Å². The molecule has 1 heterocycles. The fourth-order valence-electron chi connectivity index (χ4n) is 1.76. The zero-order valence-electron chi connectivity index (χ0n) is 10.2. The smallest absolute Gasteiger partial charge is 0.256 e. The van der Waals surface area contributed by atoms with Crippen LogP contribution in [0.2, 0.25) is 0 Å². The lowest BCUT2D eigenvalue weighted by atomic mass is 10.1. The second-order valence-corrected chi connectivity index (χ2v) is 3.81. The van der Waals surface area contributed by atoms with Gasteiger partial charge in [-0.05, 0) is 12.1 Å². The first-order chi connectivity index (χ1) is 8.68. The molecule has 1 amide bonds. The number of hydrogen-bond acceptors (Lipinski definition) is 2. The average Bonchev–Trinajstić information content (AvgIpc) is 2.42. The van der Waals surface area contributed by atoms with Crippen molar-refractivity contribution in [3.63, 3.8) is 0 Å². The highest BCUT2D eigenvalue weighted by molar-refractivity contribution is 5.95. The maximum absolute atomic E-state index is 13.4. The monoisotopic (exact) mass is 249 g/mol. The Balaban J connectivity index is 0.000000771. The number of nitrogens with zero attached hydrogens (tertiary/aromatic N) is 1. The molecule has 0 radical (unpaired) electrons. The Hall–Kier alpha value is -1.97. The molecule has 2 rings (SSSR count). The van der Waals surface area contributed by atoms with E-state index >= 15 is 0 Å². The van der Waals surface area contributed by atoms with Crippen molar-refractivity contribution in [1.29, 1.82) is 0 Å². The standard InChI is InChI=1S/C12H12FNO2.C2H4/c13-11-4-2-1-3-10(11)12(16)14-7-5-9(15)6-8-14;1-2/h1-4H,5-8H2;1-2H2. The van der Waals surface area contributed by atoms with Crippen LogP contribution in [0.1, 0.15) is 23.2 Å². The average molecular weight is 249 g/mol. The Bertz CT molecular complexity index is 435. The van der Waals surface area contributed by atoms with Gasteiger partial charge in [-0.3, -0.25) is 9.59 Å². The second-order valence-electron chi connectivity index (χ2n) is 3.81. The summed E-state index contributed by atoms with van der Waals surface area (Å²) in [7, 11) is 0. The highest BCUT2D eigenvalue weighted by Gasteiger charge is 2.23. The number of halogens is 1. The van der Waals surface area contributed by atoms with Crippen molar-refractivity contribution in [3.8, 4) is 0 Å². The SMILES string of the molecule is C=C.O=C1CCN(C(=O)c2ccccc2F)CC1. The molecule has 0 unspecified atom stereocenters.